The van der Waals surface area contributed by atoms with Crippen molar-refractivity contribution in [2.75, 3.05) is 6.61 Å². The first-order valence-corrected chi connectivity index (χ1v) is 4.24. The summed E-state index contributed by atoms with van der Waals surface area (Å²) >= 11 is 0. The van der Waals surface area contributed by atoms with Gasteiger partial charge in [0.25, 0.3) is 6.04 Å². The molecule has 5 nitrogen and oxygen atoms in total. The molecule has 2 unspecified atom stereocenters. The number of aliphatic hydroxyl groups is 2. The summed E-state index contributed by atoms with van der Waals surface area (Å²) < 4.78 is 12.8. The van der Waals surface area contributed by atoms with Crippen LogP contribution in [-0.4, -0.2) is 27.8 Å². The lowest BCUT2D eigenvalue weighted by atomic mass is 10.0. The van der Waals surface area contributed by atoms with E-state index in [0.29, 0.717) is 0 Å². The van der Waals surface area contributed by atoms with Crippen molar-refractivity contribution in [1.82, 2.24) is 0 Å². The molecule has 0 saturated carbocycles. The second-order valence-electron chi connectivity index (χ2n) is 3.04. The molecular formula is C9H10FNO4. The van der Waals surface area contributed by atoms with Crippen LogP contribution in [0.1, 0.15) is 11.7 Å². The normalized spacial score (nSPS) is 14.6. The molecule has 0 aromatic heterocycles. The zero-order chi connectivity index (χ0) is 11.4. The highest BCUT2D eigenvalue weighted by molar-refractivity contribution is 5.19. The summed E-state index contributed by atoms with van der Waals surface area (Å²) in [7, 11) is 0. The monoisotopic (exact) mass is 215 g/mol. The standard InChI is InChI=1S/C9H10FNO4/c10-7-3-1-2-6(4-7)9(13)8(5-12)11(14)15/h1-4,8-9,12-13H,5H2. The molecule has 1 rings (SSSR count). The Kier molecular flexibility index (Phi) is 3.70. The first kappa shape index (κ1) is 11.5. The number of nitrogens with zero attached hydrogens (tertiary/aromatic N) is 1. The lowest BCUT2D eigenvalue weighted by Crippen LogP contribution is -2.31. The molecule has 0 saturated heterocycles. The number of benzene rings is 1. The molecule has 0 heterocycles. The Morgan fingerprint density at radius 1 is 1.53 bits per heavy atom. The van der Waals surface area contributed by atoms with Gasteiger partial charge in [0.15, 0.2) is 0 Å². The molecule has 82 valence electrons. The van der Waals surface area contributed by atoms with Gasteiger partial charge in [-0.1, -0.05) is 12.1 Å². The van der Waals surface area contributed by atoms with Gasteiger partial charge in [-0.05, 0) is 17.7 Å². The van der Waals surface area contributed by atoms with Gasteiger partial charge in [-0.25, -0.2) is 4.39 Å². The second kappa shape index (κ2) is 4.81. The van der Waals surface area contributed by atoms with Gasteiger partial charge in [0.1, 0.15) is 18.5 Å². The quantitative estimate of drug-likeness (QED) is 0.565. The van der Waals surface area contributed by atoms with E-state index < -0.39 is 29.5 Å². The predicted molar refractivity (Wildman–Crippen MR) is 49.2 cm³/mol. The molecule has 1 aromatic rings. The lowest BCUT2D eigenvalue weighted by molar-refractivity contribution is -0.539. The molecule has 0 bridgehead atoms. The summed E-state index contributed by atoms with van der Waals surface area (Å²) in [6.07, 6.45) is -1.51. The third-order valence-corrected chi connectivity index (χ3v) is 2.01. The molecule has 2 N–H and O–H groups in total. The Hall–Kier alpha value is -1.53. The number of halogens is 1. The topological polar surface area (TPSA) is 83.6 Å². The van der Waals surface area contributed by atoms with E-state index in [1.54, 1.807) is 0 Å². The van der Waals surface area contributed by atoms with E-state index in [9.17, 15) is 19.6 Å². The van der Waals surface area contributed by atoms with E-state index in [1.165, 1.54) is 12.1 Å². The average Bonchev–Trinajstić information content (AvgIpc) is 2.18. The van der Waals surface area contributed by atoms with Crippen molar-refractivity contribution in [1.29, 1.82) is 0 Å². The van der Waals surface area contributed by atoms with Gasteiger partial charge >= 0.3 is 0 Å². The summed E-state index contributed by atoms with van der Waals surface area (Å²) in [4.78, 5) is 9.63. The van der Waals surface area contributed by atoms with Crippen LogP contribution in [0.5, 0.6) is 0 Å². The largest absolute Gasteiger partial charge is 0.389 e. The van der Waals surface area contributed by atoms with Gasteiger partial charge < -0.3 is 10.2 Å². The minimum absolute atomic E-state index is 0.0748. The van der Waals surface area contributed by atoms with Crippen molar-refractivity contribution in [3.05, 3.63) is 45.8 Å². The molecule has 0 aliphatic heterocycles. The van der Waals surface area contributed by atoms with Gasteiger partial charge in [0, 0.05) is 4.92 Å². The van der Waals surface area contributed by atoms with Crippen LogP contribution in [0.25, 0.3) is 0 Å². The molecule has 6 heteroatoms. The molecular weight excluding hydrogens is 205 g/mol. The molecule has 0 aliphatic rings. The van der Waals surface area contributed by atoms with Crippen molar-refractivity contribution in [2.24, 2.45) is 0 Å². The van der Waals surface area contributed by atoms with Crippen molar-refractivity contribution in [3.8, 4) is 0 Å². The van der Waals surface area contributed by atoms with Crippen LogP contribution in [-0.2, 0) is 0 Å². The highest BCUT2D eigenvalue weighted by atomic mass is 19.1. The maximum absolute atomic E-state index is 12.8. The van der Waals surface area contributed by atoms with Crippen molar-refractivity contribution >= 4 is 0 Å². The molecule has 15 heavy (non-hydrogen) atoms. The Morgan fingerprint density at radius 2 is 2.20 bits per heavy atom. The van der Waals surface area contributed by atoms with Crippen molar-refractivity contribution < 1.29 is 19.5 Å². The van der Waals surface area contributed by atoms with E-state index in [2.05, 4.69) is 0 Å². The first-order chi connectivity index (χ1) is 7.06. The molecule has 0 amide bonds. The number of nitro groups is 1. The van der Waals surface area contributed by atoms with Crippen LogP contribution in [0.15, 0.2) is 24.3 Å². The molecule has 0 aliphatic carbocycles. The summed E-state index contributed by atoms with van der Waals surface area (Å²) in [6.45, 7) is -0.801. The number of aliphatic hydroxyl groups excluding tert-OH is 2. The zero-order valence-corrected chi connectivity index (χ0v) is 7.71. The predicted octanol–water partition coefficient (Wildman–Crippen LogP) is 0.497. The van der Waals surface area contributed by atoms with Gasteiger partial charge in [-0.15, -0.1) is 0 Å². The van der Waals surface area contributed by atoms with Crippen LogP contribution < -0.4 is 0 Å². The van der Waals surface area contributed by atoms with Crippen LogP contribution in [0.3, 0.4) is 0 Å². The minimum Gasteiger partial charge on any atom is -0.389 e. The number of hydrogen-bond donors (Lipinski definition) is 2. The molecule has 2 atom stereocenters. The third kappa shape index (κ3) is 2.71. The van der Waals surface area contributed by atoms with Gasteiger partial charge in [-0.3, -0.25) is 10.1 Å². The van der Waals surface area contributed by atoms with Gasteiger partial charge in [0.2, 0.25) is 0 Å². The minimum atomic E-state index is -1.54. The lowest BCUT2D eigenvalue weighted by Gasteiger charge is -2.14. The highest BCUT2D eigenvalue weighted by Gasteiger charge is 2.30. The van der Waals surface area contributed by atoms with E-state index >= 15 is 0 Å². The van der Waals surface area contributed by atoms with Gasteiger partial charge in [0.05, 0.1) is 0 Å². The molecule has 0 spiro atoms. The van der Waals surface area contributed by atoms with Crippen molar-refractivity contribution in [3.63, 3.8) is 0 Å². The second-order valence-corrected chi connectivity index (χ2v) is 3.04. The van der Waals surface area contributed by atoms with Crippen LogP contribution in [0, 0.1) is 15.9 Å². The van der Waals surface area contributed by atoms with E-state index in [4.69, 9.17) is 5.11 Å². The Bertz CT molecular complexity index is 358. The number of rotatable bonds is 4. The fraction of sp³-hybridized carbons (Fsp3) is 0.333. The summed E-state index contributed by atoms with van der Waals surface area (Å²) in [5, 5.41) is 28.6. The molecule has 0 fully saturated rings. The van der Waals surface area contributed by atoms with E-state index in [1.807, 2.05) is 0 Å². The maximum Gasteiger partial charge on any atom is 0.265 e. The number of hydrogen-bond acceptors (Lipinski definition) is 4. The maximum atomic E-state index is 12.8. The zero-order valence-electron chi connectivity index (χ0n) is 7.71. The van der Waals surface area contributed by atoms with Crippen LogP contribution in [0.4, 0.5) is 4.39 Å². The summed E-state index contributed by atoms with van der Waals surface area (Å²) in [5.74, 6) is -0.591. The fourth-order valence-electron chi connectivity index (χ4n) is 1.19. The van der Waals surface area contributed by atoms with Crippen LogP contribution in [0.2, 0.25) is 0 Å². The smallest absolute Gasteiger partial charge is 0.265 e. The van der Waals surface area contributed by atoms with E-state index in [0.717, 1.165) is 12.1 Å². The van der Waals surface area contributed by atoms with Crippen LogP contribution >= 0.6 is 0 Å². The highest BCUT2D eigenvalue weighted by Crippen LogP contribution is 2.19. The fourth-order valence-corrected chi connectivity index (χ4v) is 1.19. The SMILES string of the molecule is O=[N+]([O-])C(CO)C(O)c1cccc(F)c1. The summed E-state index contributed by atoms with van der Waals surface area (Å²) in [6, 6.07) is 3.32. The Morgan fingerprint density at radius 3 is 2.67 bits per heavy atom. The average molecular weight is 215 g/mol. The van der Waals surface area contributed by atoms with Crippen molar-refractivity contribution in [2.45, 2.75) is 12.1 Å². The van der Waals surface area contributed by atoms with Gasteiger partial charge in [-0.2, -0.15) is 0 Å². The summed E-state index contributed by atoms with van der Waals surface area (Å²) in [5.41, 5.74) is 0.0748. The first-order valence-electron chi connectivity index (χ1n) is 4.24. The third-order valence-electron chi connectivity index (χ3n) is 2.01. The molecule has 1 aromatic carbocycles. The Labute approximate surface area is 84.9 Å². The molecule has 0 radical (unpaired) electrons. The Balaban J connectivity index is 2.92. The van der Waals surface area contributed by atoms with E-state index in [-0.39, 0.29) is 5.56 Å².